The fourth-order valence-corrected chi connectivity index (χ4v) is 2.18. The Morgan fingerprint density at radius 1 is 0.710 bits per heavy atom. The molecule has 1 aromatic carbocycles. The first-order valence-corrected chi connectivity index (χ1v) is 8.40. The molecule has 1 radical (unpaired) electrons. The molecule has 2 N–H and O–H groups in total. The van der Waals surface area contributed by atoms with Crippen LogP contribution in [0.1, 0.15) is 21.0 Å². The van der Waals surface area contributed by atoms with Crippen LogP contribution in [0.15, 0.2) is 67.5 Å². The number of aromatic nitrogens is 6. The number of nitrogens with zero attached hydrogens (tertiary/aromatic N) is 6. The molecule has 0 spiro atoms. The van der Waals surface area contributed by atoms with Gasteiger partial charge in [-0.1, -0.05) is 11.1 Å². The number of carboxylic acid groups (broad SMARTS) is 2. The second-order valence-electron chi connectivity index (χ2n) is 5.52. The molecule has 0 aliphatic carbocycles. The average molecular weight is 594 g/mol. The van der Waals surface area contributed by atoms with Crippen LogP contribution in [0.3, 0.4) is 0 Å². The molecule has 0 fully saturated rings. The number of hydrogen-bond acceptors (Lipinski definition) is 8. The minimum atomic E-state index is -1.30. The largest absolute Gasteiger partial charge is 0.476 e. The van der Waals surface area contributed by atoms with E-state index in [-0.39, 0.29) is 31.5 Å². The number of hydrogen-bond donors (Lipinski definition) is 2. The fourth-order valence-electron chi connectivity index (χ4n) is 2.18. The molecule has 0 atom stereocenters. The molecule has 3 heterocycles. The van der Waals surface area contributed by atoms with Crippen molar-refractivity contribution >= 4 is 11.9 Å². The van der Waals surface area contributed by atoms with Crippen molar-refractivity contribution in [2.75, 3.05) is 0 Å². The van der Waals surface area contributed by atoms with Crippen molar-refractivity contribution in [3.8, 4) is 22.8 Å². The third-order valence-electron chi connectivity index (χ3n) is 3.48. The molecule has 0 aliphatic rings. The predicted octanol–water partition coefficient (Wildman–Crippen LogP) is 2.27. The van der Waals surface area contributed by atoms with Gasteiger partial charge < -0.3 is 10.2 Å². The zero-order valence-electron chi connectivity index (χ0n) is 15.6. The van der Waals surface area contributed by atoms with Gasteiger partial charge in [0.2, 0.25) is 0 Å². The summed E-state index contributed by atoms with van der Waals surface area (Å²) in [6, 6.07) is 12.6. The summed E-state index contributed by atoms with van der Waals surface area (Å²) in [5.41, 5.74) is 0.908. The summed E-state index contributed by atoms with van der Waals surface area (Å²) >= 11 is 0. The molecule has 4 aromatic rings. The Bertz CT molecular complexity index is 1080. The minimum absolute atomic E-state index is 0. The number of rotatable bonds is 4. The van der Waals surface area contributed by atoms with Gasteiger partial charge >= 0.3 is 11.9 Å². The number of benzene rings is 1. The van der Waals surface area contributed by atoms with E-state index in [1.165, 1.54) is 0 Å². The maximum absolute atomic E-state index is 10.3. The normalized spacial score (nSPS) is 9.55. The van der Waals surface area contributed by atoms with Gasteiger partial charge in [-0.2, -0.15) is 0 Å². The molecule has 0 saturated heterocycles. The van der Waals surface area contributed by atoms with Gasteiger partial charge in [0.15, 0.2) is 11.4 Å². The van der Waals surface area contributed by atoms with Crippen LogP contribution in [0, 0.1) is 6.07 Å². The Kier molecular flexibility index (Phi) is 8.50. The summed E-state index contributed by atoms with van der Waals surface area (Å²) in [4.78, 5) is 44.1. The van der Waals surface area contributed by atoms with E-state index in [0.717, 1.165) is 23.5 Å². The van der Waals surface area contributed by atoms with Gasteiger partial charge in [-0.15, -0.1) is 24.3 Å². The summed E-state index contributed by atoms with van der Waals surface area (Å²) in [5.74, 6) is -1.30. The van der Waals surface area contributed by atoms with Crippen LogP contribution in [0.4, 0.5) is 0 Å². The van der Waals surface area contributed by atoms with E-state index in [1.54, 1.807) is 36.9 Å². The fraction of sp³-hybridized carbons (Fsp3) is 0. The summed E-state index contributed by atoms with van der Waals surface area (Å²) in [7, 11) is 0. The molecule has 0 saturated carbocycles. The topological polar surface area (TPSA) is 152 Å². The maximum atomic E-state index is 10.3. The molecule has 0 unspecified atom stereocenters. The Morgan fingerprint density at radius 2 is 1.13 bits per heavy atom. The molecule has 11 heteroatoms. The van der Waals surface area contributed by atoms with E-state index in [4.69, 9.17) is 10.2 Å². The molecule has 0 bridgehead atoms. The smallest absolute Gasteiger partial charge is 0.356 e. The van der Waals surface area contributed by atoms with Crippen LogP contribution < -0.4 is 0 Å². The Hall–Kier alpha value is -3.95. The summed E-state index contributed by atoms with van der Waals surface area (Å²) < 4.78 is 0. The van der Waals surface area contributed by atoms with Gasteiger partial charge in [0.1, 0.15) is 0 Å². The molecule has 10 nitrogen and oxygen atoms in total. The number of carbonyl (C=O) groups is 2. The zero-order valence-corrected chi connectivity index (χ0v) is 18.0. The van der Waals surface area contributed by atoms with Crippen molar-refractivity contribution in [3.63, 3.8) is 0 Å². The van der Waals surface area contributed by atoms with Crippen LogP contribution in [0.2, 0.25) is 0 Å². The van der Waals surface area contributed by atoms with E-state index in [1.807, 2.05) is 18.2 Å². The quantitative estimate of drug-likeness (QED) is 0.337. The van der Waals surface area contributed by atoms with Gasteiger partial charge in [-0.25, -0.2) is 14.6 Å². The standard InChI is InChI=1S/C14H9N4.C6H4N2O4.Ir/c1-4-11(13-15-6-2-7-16-13)10-12(5-1)14-17-8-3-9-18-14;9-5(10)3-1-7-2-4(8-3)6(11)12;/h1-9H;1-2H,(H,9,10)(H,11,12);/q-1;;. The van der Waals surface area contributed by atoms with Gasteiger partial charge in [0.25, 0.3) is 0 Å². The predicted molar refractivity (Wildman–Crippen MR) is 103 cm³/mol. The van der Waals surface area contributed by atoms with Crippen molar-refractivity contribution in [2.45, 2.75) is 0 Å². The molecular weight excluding hydrogens is 580 g/mol. The SMILES string of the molecule is O=C(O)c1cncc(C(=O)O)n1.[Ir].[c-]1c(-c2ncccn2)cccc1-c1ncccn1. The first-order chi connectivity index (χ1) is 14.5. The maximum Gasteiger partial charge on any atom is 0.356 e. The van der Waals surface area contributed by atoms with Gasteiger partial charge in [0.05, 0.1) is 24.0 Å². The summed E-state index contributed by atoms with van der Waals surface area (Å²) in [6.45, 7) is 0. The monoisotopic (exact) mass is 594 g/mol. The molecule has 0 amide bonds. The first-order valence-electron chi connectivity index (χ1n) is 8.40. The van der Waals surface area contributed by atoms with Crippen LogP contribution in [0.25, 0.3) is 22.8 Å². The van der Waals surface area contributed by atoms with E-state index in [2.05, 4.69) is 36.0 Å². The second kappa shape index (κ2) is 11.3. The van der Waals surface area contributed by atoms with Crippen LogP contribution >= 0.6 is 0 Å². The Labute approximate surface area is 189 Å². The average Bonchev–Trinajstić information content (AvgIpc) is 2.81. The van der Waals surface area contributed by atoms with Gasteiger partial charge in [0, 0.05) is 44.9 Å². The zero-order chi connectivity index (χ0) is 21.3. The van der Waals surface area contributed by atoms with E-state index >= 15 is 0 Å². The second-order valence-corrected chi connectivity index (χ2v) is 5.52. The van der Waals surface area contributed by atoms with Crippen LogP contribution in [-0.4, -0.2) is 52.1 Å². The first kappa shape index (κ1) is 23.3. The molecular formula is C20H13IrN6O4-. The van der Waals surface area contributed by atoms with E-state index in [9.17, 15) is 9.59 Å². The van der Waals surface area contributed by atoms with Crippen molar-refractivity contribution in [1.29, 1.82) is 0 Å². The Balaban J connectivity index is 0.000000231. The van der Waals surface area contributed by atoms with E-state index in [0.29, 0.717) is 11.6 Å². The van der Waals surface area contributed by atoms with Crippen molar-refractivity contribution in [3.05, 3.63) is 85.0 Å². The summed E-state index contributed by atoms with van der Waals surface area (Å²) in [6.07, 6.45) is 8.80. The summed E-state index contributed by atoms with van der Waals surface area (Å²) in [5, 5.41) is 16.8. The minimum Gasteiger partial charge on any atom is -0.476 e. The molecule has 157 valence electrons. The van der Waals surface area contributed by atoms with Crippen molar-refractivity contribution in [2.24, 2.45) is 0 Å². The van der Waals surface area contributed by atoms with Crippen LogP contribution in [-0.2, 0) is 20.1 Å². The van der Waals surface area contributed by atoms with E-state index < -0.39 is 11.9 Å². The molecule has 0 aliphatic heterocycles. The van der Waals surface area contributed by atoms with Crippen LogP contribution in [0.5, 0.6) is 0 Å². The molecule has 4 rings (SSSR count). The van der Waals surface area contributed by atoms with Crippen molar-refractivity contribution < 1.29 is 39.9 Å². The molecule has 3 aromatic heterocycles. The van der Waals surface area contributed by atoms with Crippen molar-refractivity contribution in [1.82, 2.24) is 29.9 Å². The Morgan fingerprint density at radius 3 is 1.52 bits per heavy atom. The van der Waals surface area contributed by atoms with Gasteiger partial charge in [-0.05, 0) is 12.1 Å². The van der Waals surface area contributed by atoms with Gasteiger partial charge in [-0.3, -0.25) is 24.9 Å². The third kappa shape index (κ3) is 6.53. The number of carboxylic acids is 2. The third-order valence-corrected chi connectivity index (χ3v) is 3.48. The molecule has 31 heavy (non-hydrogen) atoms. The number of aromatic carboxylic acids is 2.